The Hall–Kier alpha value is -0.160. The molecule has 2 N–H and O–H groups in total. The molecular weight excluding hydrogens is 250 g/mol. The topological polar surface area (TPSA) is 38.7 Å². The fraction of sp³-hybridized carbons (Fsp3) is 1.00. The van der Waals surface area contributed by atoms with E-state index in [4.69, 9.17) is 0 Å². The smallest absolute Gasteiger partial charge is 0.0793 e. The van der Waals surface area contributed by atoms with Crippen molar-refractivity contribution in [2.45, 2.75) is 40.2 Å². The zero-order chi connectivity index (χ0) is 15.0. The van der Waals surface area contributed by atoms with E-state index < -0.39 is 0 Å². The highest BCUT2D eigenvalue weighted by Crippen LogP contribution is 2.06. The molecule has 1 unspecified atom stereocenters. The standard InChI is InChI=1S/C16H35N3O/c1-14(2)10-19(11-15(3)4)13-16(20)12-18-8-5-6-17-7-9-18/h14-17,20H,5-13H2,1-4H3. The minimum atomic E-state index is -0.231. The maximum atomic E-state index is 10.4. The van der Waals surface area contributed by atoms with Gasteiger partial charge in [0.1, 0.15) is 0 Å². The second kappa shape index (κ2) is 9.72. The quantitative estimate of drug-likeness (QED) is 0.704. The molecule has 0 saturated carbocycles. The number of nitrogens with one attached hydrogen (secondary N) is 1. The van der Waals surface area contributed by atoms with Gasteiger partial charge < -0.3 is 15.3 Å². The molecule has 1 aliphatic heterocycles. The van der Waals surface area contributed by atoms with Gasteiger partial charge in [0.25, 0.3) is 0 Å². The fourth-order valence-electron chi connectivity index (χ4n) is 2.99. The second-order valence-corrected chi connectivity index (χ2v) is 7.06. The average Bonchev–Trinajstić information content (AvgIpc) is 2.55. The lowest BCUT2D eigenvalue weighted by molar-refractivity contribution is 0.0672. The summed E-state index contributed by atoms with van der Waals surface area (Å²) in [5, 5.41) is 13.8. The largest absolute Gasteiger partial charge is 0.390 e. The van der Waals surface area contributed by atoms with Crippen LogP contribution in [0.5, 0.6) is 0 Å². The predicted octanol–water partition coefficient (Wildman–Crippen LogP) is 1.26. The van der Waals surface area contributed by atoms with Crippen LogP contribution >= 0.6 is 0 Å². The first-order valence-electron chi connectivity index (χ1n) is 8.31. The van der Waals surface area contributed by atoms with E-state index in [9.17, 15) is 5.11 Å². The normalized spacial score (nSPS) is 19.8. The first-order chi connectivity index (χ1) is 9.47. The Labute approximate surface area is 125 Å². The van der Waals surface area contributed by atoms with E-state index in [2.05, 4.69) is 42.8 Å². The maximum absolute atomic E-state index is 10.4. The van der Waals surface area contributed by atoms with Gasteiger partial charge in [-0.05, 0) is 31.3 Å². The van der Waals surface area contributed by atoms with Crippen LogP contribution in [0.2, 0.25) is 0 Å². The van der Waals surface area contributed by atoms with Crippen molar-refractivity contribution in [3.63, 3.8) is 0 Å². The molecule has 0 radical (unpaired) electrons. The van der Waals surface area contributed by atoms with E-state index >= 15 is 0 Å². The van der Waals surface area contributed by atoms with Gasteiger partial charge in [0.05, 0.1) is 6.10 Å². The van der Waals surface area contributed by atoms with Crippen LogP contribution in [0.1, 0.15) is 34.1 Å². The SMILES string of the molecule is CC(C)CN(CC(C)C)CC(O)CN1CCCNCC1. The summed E-state index contributed by atoms with van der Waals surface area (Å²) in [7, 11) is 0. The summed E-state index contributed by atoms with van der Waals surface area (Å²) in [6.45, 7) is 17.1. The number of rotatable bonds is 8. The van der Waals surface area contributed by atoms with Crippen LogP contribution in [0.3, 0.4) is 0 Å². The Bertz CT molecular complexity index is 228. The van der Waals surface area contributed by atoms with Crippen LogP contribution in [0.25, 0.3) is 0 Å². The molecule has 0 aromatic heterocycles. The van der Waals surface area contributed by atoms with Crippen molar-refractivity contribution in [2.75, 3.05) is 52.4 Å². The van der Waals surface area contributed by atoms with Gasteiger partial charge in [-0.3, -0.25) is 4.90 Å². The monoisotopic (exact) mass is 285 g/mol. The highest BCUT2D eigenvalue weighted by atomic mass is 16.3. The van der Waals surface area contributed by atoms with Crippen molar-refractivity contribution < 1.29 is 5.11 Å². The Morgan fingerprint density at radius 1 is 1.00 bits per heavy atom. The van der Waals surface area contributed by atoms with Gasteiger partial charge in [-0.15, -0.1) is 0 Å². The van der Waals surface area contributed by atoms with Gasteiger partial charge in [0.15, 0.2) is 0 Å². The van der Waals surface area contributed by atoms with Crippen molar-refractivity contribution >= 4 is 0 Å². The molecule has 20 heavy (non-hydrogen) atoms. The van der Waals surface area contributed by atoms with E-state index in [1.165, 1.54) is 6.42 Å². The predicted molar refractivity (Wildman–Crippen MR) is 86.0 cm³/mol. The first-order valence-corrected chi connectivity index (χ1v) is 8.31. The number of nitrogens with zero attached hydrogens (tertiary/aromatic N) is 2. The summed E-state index contributed by atoms with van der Waals surface area (Å²) < 4.78 is 0. The molecule has 0 aromatic carbocycles. The molecule has 1 rings (SSSR count). The average molecular weight is 285 g/mol. The van der Waals surface area contributed by atoms with Crippen molar-refractivity contribution in [3.8, 4) is 0 Å². The van der Waals surface area contributed by atoms with E-state index in [0.29, 0.717) is 11.8 Å². The van der Waals surface area contributed by atoms with E-state index in [1.807, 2.05) is 0 Å². The molecule has 0 amide bonds. The molecule has 1 aliphatic rings. The molecule has 1 saturated heterocycles. The summed E-state index contributed by atoms with van der Waals surface area (Å²) in [4.78, 5) is 4.82. The molecule has 120 valence electrons. The molecule has 0 aromatic rings. The van der Waals surface area contributed by atoms with Gasteiger partial charge in [0, 0.05) is 39.3 Å². The van der Waals surface area contributed by atoms with E-state index in [0.717, 1.165) is 52.4 Å². The third kappa shape index (κ3) is 8.20. The zero-order valence-electron chi connectivity index (χ0n) is 13.9. The van der Waals surface area contributed by atoms with Gasteiger partial charge in [-0.25, -0.2) is 0 Å². The summed E-state index contributed by atoms with van der Waals surface area (Å²) in [6, 6.07) is 0. The summed E-state index contributed by atoms with van der Waals surface area (Å²) in [5.74, 6) is 1.31. The van der Waals surface area contributed by atoms with Crippen molar-refractivity contribution in [2.24, 2.45) is 11.8 Å². The summed E-state index contributed by atoms with van der Waals surface area (Å²) in [5.41, 5.74) is 0. The van der Waals surface area contributed by atoms with Crippen LogP contribution in [-0.4, -0.2) is 73.4 Å². The lowest BCUT2D eigenvalue weighted by Gasteiger charge is -2.30. The first kappa shape index (κ1) is 17.9. The Kier molecular flexibility index (Phi) is 8.69. The van der Waals surface area contributed by atoms with Crippen LogP contribution in [0, 0.1) is 11.8 Å². The van der Waals surface area contributed by atoms with Gasteiger partial charge in [0.2, 0.25) is 0 Å². The molecule has 4 heteroatoms. The Morgan fingerprint density at radius 3 is 2.25 bits per heavy atom. The van der Waals surface area contributed by atoms with Gasteiger partial charge >= 0.3 is 0 Å². The van der Waals surface area contributed by atoms with E-state index in [1.54, 1.807) is 0 Å². The maximum Gasteiger partial charge on any atom is 0.0793 e. The number of hydrogen-bond donors (Lipinski definition) is 2. The van der Waals surface area contributed by atoms with Crippen LogP contribution in [0.15, 0.2) is 0 Å². The third-order valence-corrected chi connectivity index (χ3v) is 3.62. The van der Waals surface area contributed by atoms with Crippen molar-refractivity contribution in [1.82, 2.24) is 15.1 Å². The zero-order valence-corrected chi connectivity index (χ0v) is 13.9. The number of aliphatic hydroxyl groups is 1. The molecule has 0 bridgehead atoms. The van der Waals surface area contributed by atoms with Crippen molar-refractivity contribution in [3.05, 3.63) is 0 Å². The highest BCUT2D eigenvalue weighted by molar-refractivity contribution is 4.73. The Balaban J connectivity index is 2.36. The molecule has 4 nitrogen and oxygen atoms in total. The van der Waals surface area contributed by atoms with Crippen LogP contribution in [0.4, 0.5) is 0 Å². The molecular formula is C16H35N3O. The minimum absolute atomic E-state index is 0.231. The van der Waals surface area contributed by atoms with Crippen molar-refractivity contribution in [1.29, 1.82) is 0 Å². The highest BCUT2D eigenvalue weighted by Gasteiger charge is 2.17. The molecule has 1 fully saturated rings. The number of hydrogen-bond acceptors (Lipinski definition) is 4. The lowest BCUT2D eigenvalue weighted by Crippen LogP contribution is -2.43. The fourth-order valence-corrected chi connectivity index (χ4v) is 2.99. The summed E-state index contributed by atoms with van der Waals surface area (Å²) >= 11 is 0. The van der Waals surface area contributed by atoms with E-state index in [-0.39, 0.29) is 6.10 Å². The molecule has 1 atom stereocenters. The Morgan fingerprint density at radius 2 is 1.65 bits per heavy atom. The minimum Gasteiger partial charge on any atom is -0.390 e. The molecule has 0 spiro atoms. The number of β-amino-alcohol motifs (C(OH)–C–C–N with tert-alkyl or cyclic N) is 1. The molecule has 0 aliphatic carbocycles. The summed E-state index contributed by atoms with van der Waals surface area (Å²) in [6.07, 6.45) is 0.958. The number of aliphatic hydroxyl groups excluding tert-OH is 1. The molecule has 1 heterocycles. The van der Waals surface area contributed by atoms with Gasteiger partial charge in [-0.1, -0.05) is 27.7 Å². The second-order valence-electron chi connectivity index (χ2n) is 7.06. The van der Waals surface area contributed by atoms with Gasteiger partial charge in [-0.2, -0.15) is 0 Å². The lowest BCUT2D eigenvalue weighted by atomic mass is 10.1. The third-order valence-electron chi connectivity index (χ3n) is 3.62. The van der Waals surface area contributed by atoms with Crippen LogP contribution in [-0.2, 0) is 0 Å². The van der Waals surface area contributed by atoms with Crippen LogP contribution < -0.4 is 5.32 Å².